The number of amides is 1. The fraction of sp³-hybridized carbons (Fsp3) is 0.533. The van der Waals surface area contributed by atoms with Gasteiger partial charge in [0.25, 0.3) is 5.91 Å². The highest BCUT2D eigenvalue weighted by molar-refractivity contribution is 6.32. The molecule has 0 heterocycles. The number of halogens is 1. The maximum absolute atomic E-state index is 12.2. The molecule has 0 spiro atoms. The van der Waals surface area contributed by atoms with Gasteiger partial charge in [0.1, 0.15) is 5.75 Å². The minimum atomic E-state index is -0.0960. The highest BCUT2D eigenvalue weighted by atomic mass is 35.5. The van der Waals surface area contributed by atoms with E-state index in [2.05, 4.69) is 0 Å². The summed E-state index contributed by atoms with van der Waals surface area (Å²) in [6.07, 6.45) is 3.17. The lowest BCUT2D eigenvalue weighted by atomic mass is 9.91. The van der Waals surface area contributed by atoms with Crippen molar-refractivity contribution in [2.24, 2.45) is 0 Å². The lowest BCUT2D eigenvalue weighted by Gasteiger charge is -2.37. The lowest BCUT2D eigenvalue weighted by molar-refractivity contribution is -0.138. The predicted molar refractivity (Wildman–Crippen MR) is 78.1 cm³/mol. The number of ether oxygens (including phenoxy) is 1. The van der Waals surface area contributed by atoms with Gasteiger partial charge in [-0.15, -0.1) is 0 Å². The zero-order valence-electron chi connectivity index (χ0n) is 11.6. The Balaban J connectivity index is 1.94. The van der Waals surface area contributed by atoms with Crippen molar-refractivity contribution in [1.82, 2.24) is 4.90 Å². The quantitative estimate of drug-likeness (QED) is 0.877. The Morgan fingerprint density at radius 1 is 1.50 bits per heavy atom. The van der Waals surface area contributed by atoms with Crippen LogP contribution in [-0.2, 0) is 4.79 Å². The maximum atomic E-state index is 12.2. The molecule has 1 aromatic carbocycles. The van der Waals surface area contributed by atoms with Gasteiger partial charge in [0.05, 0.1) is 11.6 Å². The Labute approximate surface area is 124 Å². The van der Waals surface area contributed by atoms with Crippen LogP contribution >= 0.6 is 11.6 Å². The lowest BCUT2D eigenvalue weighted by Crippen LogP contribution is -2.47. The van der Waals surface area contributed by atoms with Crippen molar-refractivity contribution in [3.8, 4) is 5.75 Å². The van der Waals surface area contributed by atoms with Gasteiger partial charge in [-0.05, 0) is 43.9 Å². The third-order valence-electron chi connectivity index (χ3n) is 3.61. The standard InChI is InChI=1S/C15H20ClNO3/c1-11-5-6-13(16)14(9-11)20-10-15(19)17(7-8-18)12-3-2-4-12/h5-6,9,12,18H,2-4,7-8,10H2,1H3. The second-order valence-electron chi connectivity index (χ2n) is 5.12. The normalized spacial score (nSPS) is 14.8. The number of hydrogen-bond acceptors (Lipinski definition) is 3. The van der Waals surface area contributed by atoms with Crippen LogP contribution < -0.4 is 4.74 Å². The summed E-state index contributed by atoms with van der Waals surface area (Å²) in [5.41, 5.74) is 1.03. The van der Waals surface area contributed by atoms with Crippen LogP contribution in [0, 0.1) is 6.92 Å². The highest BCUT2D eigenvalue weighted by Crippen LogP contribution is 2.27. The second kappa shape index (κ2) is 6.95. The summed E-state index contributed by atoms with van der Waals surface area (Å²) >= 11 is 6.03. The van der Waals surface area contributed by atoms with Gasteiger partial charge in [0.15, 0.2) is 6.61 Å². The van der Waals surface area contributed by atoms with E-state index < -0.39 is 0 Å². The van der Waals surface area contributed by atoms with Crippen molar-refractivity contribution >= 4 is 17.5 Å². The average Bonchev–Trinajstić information content (AvgIpc) is 2.37. The van der Waals surface area contributed by atoms with Gasteiger partial charge in [-0.3, -0.25) is 4.79 Å². The number of benzene rings is 1. The van der Waals surface area contributed by atoms with Crippen LogP contribution in [0.5, 0.6) is 5.75 Å². The zero-order chi connectivity index (χ0) is 14.5. The van der Waals surface area contributed by atoms with E-state index >= 15 is 0 Å². The number of aliphatic hydroxyl groups is 1. The van der Waals surface area contributed by atoms with Gasteiger partial charge in [-0.2, -0.15) is 0 Å². The van der Waals surface area contributed by atoms with E-state index in [1.165, 1.54) is 0 Å². The Morgan fingerprint density at radius 2 is 2.25 bits per heavy atom. The maximum Gasteiger partial charge on any atom is 0.260 e. The molecule has 1 aromatic rings. The molecule has 1 fully saturated rings. The largest absolute Gasteiger partial charge is 0.482 e. The van der Waals surface area contributed by atoms with Crippen molar-refractivity contribution in [2.45, 2.75) is 32.2 Å². The zero-order valence-corrected chi connectivity index (χ0v) is 12.4. The minimum absolute atomic E-state index is 0.0204. The Bertz CT molecular complexity index is 474. The summed E-state index contributed by atoms with van der Waals surface area (Å²) in [6, 6.07) is 5.72. The number of carbonyl (C=O) groups is 1. The average molecular weight is 298 g/mol. The monoisotopic (exact) mass is 297 g/mol. The van der Waals surface area contributed by atoms with E-state index in [9.17, 15) is 4.79 Å². The van der Waals surface area contributed by atoms with Crippen LogP contribution in [0.3, 0.4) is 0 Å². The summed E-state index contributed by atoms with van der Waals surface area (Å²) in [5, 5.41) is 9.56. The van der Waals surface area contributed by atoms with Gasteiger partial charge in [0.2, 0.25) is 0 Å². The molecule has 0 atom stereocenters. The molecule has 1 N–H and O–H groups in total. The van der Waals surface area contributed by atoms with E-state index in [-0.39, 0.29) is 25.2 Å². The van der Waals surface area contributed by atoms with E-state index in [1.807, 2.05) is 19.1 Å². The van der Waals surface area contributed by atoms with Gasteiger partial charge in [0, 0.05) is 12.6 Å². The first-order chi connectivity index (χ1) is 9.61. The fourth-order valence-electron chi connectivity index (χ4n) is 2.26. The van der Waals surface area contributed by atoms with Crippen molar-refractivity contribution in [3.63, 3.8) is 0 Å². The van der Waals surface area contributed by atoms with Gasteiger partial charge in [-0.1, -0.05) is 17.7 Å². The van der Waals surface area contributed by atoms with E-state index in [4.69, 9.17) is 21.4 Å². The summed E-state index contributed by atoms with van der Waals surface area (Å²) in [4.78, 5) is 13.9. The molecule has 0 radical (unpaired) electrons. The molecule has 0 unspecified atom stereocenters. The van der Waals surface area contributed by atoms with E-state index in [0.29, 0.717) is 17.3 Å². The first kappa shape index (κ1) is 15.1. The molecule has 0 aromatic heterocycles. The van der Waals surface area contributed by atoms with Crippen LogP contribution in [0.15, 0.2) is 18.2 Å². The molecule has 110 valence electrons. The van der Waals surface area contributed by atoms with Gasteiger partial charge in [-0.25, -0.2) is 0 Å². The number of hydrogen-bond donors (Lipinski definition) is 1. The molecule has 1 aliphatic rings. The number of rotatable bonds is 6. The van der Waals surface area contributed by atoms with E-state index in [1.54, 1.807) is 11.0 Å². The highest BCUT2D eigenvalue weighted by Gasteiger charge is 2.28. The van der Waals surface area contributed by atoms with Crippen LogP contribution in [0.4, 0.5) is 0 Å². The molecular formula is C15H20ClNO3. The summed E-state index contributed by atoms with van der Waals surface area (Å²) in [6.45, 7) is 2.25. The number of aryl methyl sites for hydroxylation is 1. The summed E-state index contributed by atoms with van der Waals surface area (Å²) in [5.74, 6) is 0.430. The SMILES string of the molecule is Cc1ccc(Cl)c(OCC(=O)N(CCO)C2CCC2)c1. The van der Waals surface area contributed by atoms with Crippen LogP contribution in [0.1, 0.15) is 24.8 Å². The van der Waals surface area contributed by atoms with Crippen molar-refractivity contribution in [2.75, 3.05) is 19.8 Å². The Morgan fingerprint density at radius 3 is 2.85 bits per heavy atom. The summed E-state index contributed by atoms with van der Waals surface area (Å²) < 4.78 is 5.52. The molecule has 20 heavy (non-hydrogen) atoms. The fourth-order valence-corrected chi connectivity index (χ4v) is 2.43. The molecule has 1 saturated carbocycles. The molecule has 0 aliphatic heterocycles. The number of nitrogens with zero attached hydrogens (tertiary/aromatic N) is 1. The minimum Gasteiger partial charge on any atom is -0.482 e. The molecule has 0 bridgehead atoms. The molecular weight excluding hydrogens is 278 g/mol. The molecule has 5 heteroatoms. The van der Waals surface area contributed by atoms with Gasteiger partial charge < -0.3 is 14.7 Å². The second-order valence-corrected chi connectivity index (χ2v) is 5.53. The predicted octanol–water partition coefficient (Wildman–Crippen LogP) is 2.40. The van der Waals surface area contributed by atoms with Crippen molar-refractivity contribution in [1.29, 1.82) is 0 Å². The van der Waals surface area contributed by atoms with Crippen LogP contribution in [0.25, 0.3) is 0 Å². The molecule has 1 amide bonds. The first-order valence-electron chi connectivity index (χ1n) is 6.91. The van der Waals surface area contributed by atoms with Gasteiger partial charge >= 0.3 is 0 Å². The Kier molecular flexibility index (Phi) is 5.26. The molecule has 1 aliphatic carbocycles. The van der Waals surface area contributed by atoms with Crippen LogP contribution in [0.2, 0.25) is 5.02 Å². The smallest absolute Gasteiger partial charge is 0.260 e. The Hall–Kier alpha value is -1.26. The molecule has 2 rings (SSSR count). The molecule has 4 nitrogen and oxygen atoms in total. The third-order valence-corrected chi connectivity index (χ3v) is 3.93. The van der Waals surface area contributed by atoms with Crippen molar-refractivity contribution < 1.29 is 14.6 Å². The van der Waals surface area contributed by atoms with Crippen molar-refractivity contribution in [3.05, 3.63) is 28.8 Å². The topological polar surface area (TPSA) is 49.8 Å². The molecule has 0 saturated heterocycles. The number of carbonyl (C=O) groups excluding carboxylic acids is 1. The van der Waals surface area contributed by atoms with Crippen LogP contribution in [-0.4, -0.2) is 41.7 Å². The third kappa shape index (κ3) is 3.64. The number of aliphatic hydroxyl groups excluding tert-OH is 1. The first-order valence-corrected chi connectivity index (χ1v) is 7.29. The summed E-state index contributed by atoms with van der Waals surface area (Å²) in [7, 11) is 0. The van der Waals surface area contributed by atoms with E-state index in [0.717, 1.165) is 24.8 Å².